The summed E-state index contributed by atoms with van der Waals surface area (Å²) in [6, 6.07) is 1.08. The average Bonchev–Trinajstić information content (AvgIpc) is 2.29. The van der Waals surface area contributed by atoms with E-state index in [1.165, 1.54) is 19.3 Å². The molecule has 2 nitrogen and oxygen atoms in total. The fourth-order valence-electron chi connectivity index (χ4n) is 2.25. The van der Waals surface area contributed by atoms with E-state index >= 15 is 0 Å². The molecule has 1 fully saturated rings. The Morgan fingerprint density at radius 2 is 2.07 bits per heavy atom. The fraction of sp³-hybridized carbons (Fsp3) is 0.846. The highest BCUT2D eigenvalue weighted by atomic mass is 15.2. The normalized spacial score (nSPS) is 21.1. The van der Waals surface area contributed by atoms with Gasteiger partial charge in [0, 0.05) is 19.1 Å². The number of piperidine rings is 1. The summed E-state index contributed by atoms with van der Waals surface area (Å²) in [5.41, 5.74) is 0. The van der Waals surface area contributed by atoms with E-state index < -0.39 is 0 Å². The van der Waals surface area contributed by atoms with E-state index in [0.717, 1.165) is 32.1 Å². The monoisotopic (exact) mass is 208 g/mol. The molecule has 0 bridgehead atoms. The Morgan fingerprint density at radius 3 is 2.53 bits per heavy atom. The predicted molar refractivity (Wildman–Crippen MR) is 65.8 cm³/mol. The van der Waals surface area contributed by atoms with Gasteiger partial charge in [0.15, 0.2) is 0 Å². The van der Waals surface area contributed by atoms with Crippen molar-refractivity contribution in [2.24, 2.45) is 0 Å². The molecule has 0 spiro atoms. The number of likely N-dealkylation sites (tertiary alicyclic amines) is 1. The molecule has 1 saturated heterocycles. The predicted octanol–water partition coefficient (Wildman–Crippen LogP) is 1.86. The molecule has 0 amide bonds. The van der Waals surface area contributed by atoms with Gasteiger partial charge in [0.2, 0.25) is 0 Å². The molecule has 2 heteroatoms. The zero-order valence-electron chi connectivity index (χ0n) is 10.1. The van der Waals surface area contributed by atoms with E-state index in [1.54, 1.807) is 0 Å². The van der Waals surface area contributed by atoms with Crippen molar-refractivity contribution in [3.05, 3.63) is 0 Å². The minimum absolute atomic E-state index is 0.358. The van der Waals surface area contributed by atoms with Crippen LogP contribution in [0.2, 0.25) is 0 Å². The lowest BCUT2D eigenvalue weighted by atomic mass is 10.0. The van der Waals surface area contributed by atoms with Crippen LogP contribution in [0, 0.1) is 12.3 Å². The highest BCUT2D eigenvalue weighted by Gasteiger charge is 2.22. The second-order valence-corrected chi connectivity index (χ2v) is 4.36. The largest absolute Gasteiger partial charge is 0.314 e. The van der Waals surface area contributed by atoms with Crippen LogP contribution in [0.5, 0.6) is 0 Å². The third kappa shape index (κ3) is 3.85. The molecule has 1 aliphatic heterocycles. The maximum Gasteiger partial charge on any atom is 0.0709 e. The van der Waals surface area contributed by atoms with Gasteiger partial charge >= 0.3 is 0 Å². The molecule has 86 valence electrons. The first-order chi connectivity index (χ1) is 7.31. The molecule has 0 aromatic carbocycles. The van der Waals surface area contributed by atoms with Crippen LogP contribution in [0.3, 0.4) is 0 Å². The third-order valence-electron chi connectivity index (χ3n) is 3.23. The Morgan fingerprint density at radius 1 is 1.40 bits per heavy atom. The lowest BCUT2D eigenvalue weighted by Crippen LogP contribution is -2.46. The number of terminal acetylenes is 1. The minimum Gasteiger partial charge on any atom is -0.314 e. The van der Waals surface area contributed by atoms with E-state index in [0.29, 0.717) is 6.04 Å². The number of nitrogens with one attached hydrogen (secondary N) is 1. The van der Waals surface area contributed by atoms with Crippen LogP contribution in [0.15, 0.2) is 0 Å². The van der Waals surface area contributed by atoms with Gasteiger partial charge in [-0.25, -0.2) is 0 Å². The van der Waals surface area contributed by atoms with Gasteiger partial charge in [-0.15, -0.1) is 6.42 Å². The SMILES string of the molecule is C#CC(CC)N1CCC(NCCC)CC1. The maximum atomic E-state index is 5.52. The number of rotatable bonds is 5. The number of nitrogens with zero attached hydrogens (tertiary/aromatic N) is 1. The van der Waals surface area contributed by atoms with Crippen molar-refractivity contribution >= 4 is 0 Å². The van der Waals surface area contributed by atoms with Gasteiger partial charge in [-0.1, -0.05) is 19.8 Å². The molecule has 0 aromatic rings. The van der Waals surface area contributed by atoms with Gasteiger partial charge in [-0.3, -0.25) is 4.90 Å². The molecule has 1 rings (SSSR count). The Bertz CT molecular complexity index is 199. The van der Waals surface area contributed by atoms with Crippen molar-refractivity contribution in [1.29, 1.82) is 0 Å². The standard InChI is InChI=1S/C13H24N2/c1-4-9-14-12-7-10-15(11-8-12)13(5-2)6-3/h2,12-14H,4,6-11H2,1,3H3. The van der Waals surface area contributed by atoms with Crippen LogP contribution in [0.1, 0.15) is 39.5 Å². The zero-order valence-corrected chi connectivity index (χ0v) is 10.1. The molecule has 1 unspecified atom stereocenters. The Hall–Kier alpha value is -0.520. The van der Waals surface area contributed by atoms with E-state index in [4.69, 9.17) is 6.42 Å². The Balaban J connectivity index is 2.26. The summed E-state index contributed by atoms with van der Waals surface area (Å²) in [5, 5.41) is 3.59. The summed E-state index contributed by atoms with van der Waals surface area (Å²) in [5.74, 6) is 2.88. The second-order valence-electron chi connectivity index (χ2n) is 4.36. The molecule has 0 aromatic heterocycles. The molecule has 0 saturated carbocycles. The minimum atomic E-state index is 0.358. The summed E-state index contributed by atoms with van der Waals surface area (Å²) >= 11 is 0. The maximum absolute atomic E-state index is 5.52. The summed E-state index contributed by atoms with van der Waals surface area (Å²) < 4.78 is 0. The first-order valence-corrected chi connectivity index (χ1v) is 6.25. The Kier molecular flexibility index (Phi) is 5.75. The van der Waals surface area contributed by atoms with Gasteiger partial charge in [-0.2, -0.15) is 0 Å². The lowest BCUT2D eigenvalue weighted by Gasteiger charge is -2.35. The number of hydrogen-bond acceptors (Lipinski definition) is 2. The fourth-order valence-corrected chi connectivity index (χ4v) is 2.25. The third-order valence-corrected chi connectivity index (χ3v) is 3.23. The van der Waals surface area contributed by atoms with Gasteiger partial charge < -0.3 is 5.32 Å². The second kappa shape index (κ2) is 6.87. The molecule has 1 atom stereocenters. The van der Waals surface area contributed by atoms with Crippen LogP contribution >= 0.6 is 0 Å². The van der Waals surface area contributed by atoms with Crippen LogP contribution in [0.25, 0.3) is 0 Å². The quantitative estimate of drug-likeness (QED) is 0.694. The number of hydrogen-bond donors (Lipinski definition) is 1. The van der Waals surface area contributed by atoms with Gasteiger partial charge in [0.1, 0.15) is 0 Å². The highest BCUT2D eigenvalue weighted by molar-refractivity contribution is 5.00. The molecule has 0 aliphatic carbocycles. The average molecular weight is 208 g/mol. The molecule has 1 aliphatic rings. The molecule has 0 radical (unpaired) electrons. The van der Waals surface area contributed by atoms with Crippen LogP contribution in [-0.2, 0) is 0 Å². The first kappa shape index (κ1) is 12.5. The lowest BCUT2D eigenvalue weighted by molar-refractivity contribution is 0.168. The molecule has 1 N–H and O–H groups in total. The van der Waals surface area contributed by atoms with Crippen LogP contribution in [-0.4, -0.2) is 36.6 Å². The summed E-state index contributed by atoms with van der Waals surface area (Å²) in [4.78, 5) is 2.45. The van der Waals surface area contributed by atoms with E-state index in [2.05, 4.69) is 30.0 Å². The van der Waals surface area contributed by atoms with Gasteiger partial charge in [0.05, 0.1) is 6.04 Å². The zero-order chi connectivity index (χ0) is 11.1. The molecular formula is C13H24N2. The highest BCUT2D eigenvalue weighted by Crippen LogP contribution is 2.14. The molecule has 15 heavy (non-hydrogen) atoms. The van der Waals surface area contributed by atoms with Crippen molar-refractivity contribution in [2.45, 2.75) is 51.6 Å². The molecule has 1 heterocycles. The summed E-state index contributed by atoms with van der Waals surface area (Å²) in [7, 11) is 0. The van der Waals surface area contributed by atoms with Crippen molar-refractivity contribution in [1.82, 2.24) is 10.2 Å². The summed E-state index contributed by atoms with van der Waals surface area (Å²) in [6.07, 6.45) is 10.3. The van der Waals surface area contributed by atoms with Crippen molar-refractivity contribution < 1.29 is 0 Å². The van der Waals surface area contributed by atoms with Crippen molar-refractivity contribution in [3.63, 3.8) is 0 Å². The van der Waals surface area contributed by atoms with Crippen molar-refractivity contribution in [2.75, 3.05) is 19.6 Å². The topological polar surface area (TPSA) is 15.3 Å². The summed E-state index contributed by atoms with van der Waals surface area (Å²) in [6.45, 7) is 7.85. The first-order valence-electron chi connectivity index (χ1n) is 6.25. The van der Waals surface area contributed by atoms with Crippen molar-refractivity contribution in [3.8, 4) is 12.3 Å². The van der Waals surface area contributed by atoms with Crippen LogP contribution < -0.4 is 5.32 Å². The van der Waals surface area contributed by atoms with E-state index in [9.17, 15) is 0 Å². The van der Waals surface area contributed by atoms with Crippen LogP contribution in [0.4, 0.5) is 0 Å². The molecular weight excluding hydrogens is 184 g/mol. The van der Waals surface area contributed by atoms with E-state index in [-0.39, 0.29) is 0 Å². The van der Waals surface area contributed by atoms with Gasteiger partial charge in [-0.05, 0) is 32.2 Å². The smallest absolute Gasteiger partial charge is 0.0709 e. The van der Waals surface area contributed by atoms with E-state index in [1.807, 2.05) is 0 Å². The Labute approximate surface area is 94.4 Å². The van der Waals surface area contributed by atoms with Gasteiger partial charge in [0.25, 0.3) is 0 Å².